The van der Waals surface area contributed by atoms with E-state index in [0.717, 1.165) is 16.3 Å². The first kappa shape index (κ1) is 19.4. The van der Waals surface area contributed by atoms with Gasteiger partial charge in [0, 0.05) is 0 Å². The van der Waals surface area contributed by atoms with Gasteiger partial charge in [-0.05, 0) is 54.4 Å². The van der Waals surface area contributed by atoms with Crippen molar-refractivity contribution in [2.45, 2.75) is 26.0 Å². The van der Waals surface area contributed by atoms with Crippen LogP contribution in [-0.2, 0) is 9.53 Å². The van der Waals surface area contributed by atoms with E-state index < -0.39 is 18.0 Å². The first-order valence-electron chi connectivity index (χ1n) is 8.83. The van der Waals surface area contributed by atoms with Crippen LogP contribution in [-0.4, -0.2) is 23.1 Å². The molecule has 1 amide bonds. The molecule has 0 aliphatic rings. The Bertz CT molecular complexity index is 1020. The largest absolute Gasteiger partial charge is 0.507 e. The van der Waals surface area contributed by atoms with Crippen molar-refractivity contribution >= 4 is 22.6 Å². The van der Waals surface area contributed by atoms with Gasteiger partial charge in [-0.15, -0.1) is 0 Å². The highest BCUT2D eigenvalue weighted by molar-refractivity contribution is 5.99. The molecular weight excluding hydrogens is 361 g/mol. The highest BCUT2D eigenvalue weighted by Crippen LogP contribution is 2.26. The second-order valence-electron chi connectivity index (χ2n) is 6.55. The molecule has 5 nitrogen and oxygen atoms in total. The SMILES string of the molecule is CC(OC(=O)c1cc2ccccc2cc1O)C(=O)NC(C)c1ccc(F)cc1. The van der Waals surface area contributed by atoms with Crippen molar-refractivity contribution in [2.24, 2.45) is 0 Å². The molecule has 144 valence electrons. The zero-order chi connectivity index (χ0) is 20.3. The second-order valence-corrected chi connectivity index (χ2v) is 6.55. The van der Waals surface area contributed by atoms with E-state index in [9.17, 15) is 19.1 Å². The van der Waals surface area contributed by atoms with Crippen molar-refractivity contribution < 1.29 is 23.8 Å². The summed E-state index contributed by atoms with van der Waals surface area (Å²) in [4.78, 5) is 24.7. The molecular formula is C22H20FNO4. The summed E-state index contributed by atoms with van der Waals surface area (Å²) in [7, 11) is 0. The third-order valence-electron chi connectivity index (χ3n) is 4.47. The summed E-state index contributed by atoms with van der Waals surface area (Å²) in [6.45, 7) is 3.19. The molecule has 3 aromatic carbocycles. The number of benzene rings is 3. The number of phenolic OH excluding ortho intramolecular Hbond substituents is 1. The molecule has 0 fully saturated rings. The van der Waals surface area contributed by atoms with Gasteiger partial charge in [0.1, 0.15) is 17.1 Å². The van der Waals surface area contributed by atoms with Crippen LogP contribution in [0.1, 0.15) is 35.8 Å². The molecule has 0 saturated carbocycles. The number of hydrogen-bond donors (Lipinski definition) is 2. The van der Waals surface area contributed by atoms with E-state index in [1.54, 1.807) is 19.1 Å². The Balaban J connectivity index is 1.67. The number of esters is 1. The molecule has 3 aromatic rings. The number of amides is 1. The molecule has 0 bridgehead atoms. The average molecular weight is 381 g/mol. The monoisotopic (exact) mass is 381 g/mol. The number of hydrogen-bond acceptors (Lipinski definition) is 4. The van der Waals surface area contributed by atoms with Crippen LogP contribution in [0.15, 0.2) is 60.7 Å². The molecule has 6 heteroatoms. The first-order valence-corrected chi connectivity index (χ1v) is 8.83. The number of phenols is 1. The van der Waals surface area contributed by atoms with Crippen LogP contribution in [0, 0.1) is 5.82 Å². The number of ether oxygens (including phenoxy) is 1. The van der Waals surface area contributed by atoms with Gasteiger partial charge in [-0.3, -0.25) is 4.79 Å². The lowest BCUT2D eigenvalue weighted by Crippen LogP contribution is -2.37. The van der Waals surface area contributed by atoms with E-state index in [1.165, 1.54) is 31.2 Å². The minimum Gasteiger partial charge on any atom is -0.507 e. The lowest BCUT2D eigenvalue weighted by Gasteiger charge is -2.18. The van der Waals surface area contributed by atoms with Gasteiger partial charge in [0.05, 0.1) is 6.04 Å². The molecule has 2 atom stereocenters. The molecule has 0 aliphatic carbocycles. The second kappa shape index (κ2) is 8.08. The van der Waals surface area contributed by atoms with Crippen LogP contribution in [0.3, 0.4) is 0 Å². The van der Waals surface area contributed by atoms with Crippen LogP contribution in [0.2, 0.25) is 0 Å². The van der Waals surface area contributed by atoms with Gasteiger partial charge in [-0.25, -0.2) is 9.18 Å². The highest BCUT2D eigenvalue weighted by Gasteiger charge is 2.22. The van der Waals surface area contributed by atoms with E-state index in [4.69, 9.17) is 4.74 Å². The number of aromatic hydroxyl groups is 1. The summed E-state index contributed by atoms with van der Waals surface area (Å²) in [5.74, 6) is -1.86. The smallest absolute Gasteiger partial charge is 0.342 e. The minimum atomic E-state index is -1.07. The van der Waals surface area contributed by atoms with Crippen LogP contribution < -0.4 is 5.32 Å². The summed E-state index contributed by atoms with van der Waals surface area (Å²) in [5.41, 5.74) is 0.713. The van der Waals surface area contributed by atoms with E-state index in [2.05, 4.69) is 5.32 Å². The number of carbonyl (C=O) groups excluding carboxylic acids is 2. The maximum atomic E-state index is 13.0. The summed E-state index contributed by atoms with van der Waals surface area (Å²) in [6.07, 6.45) is -1.07. The molecule has 3 rings (SSSR count). The molecule has 0 saturated heterocycles. The Morgan fingerprint density at radius 2 is 1.61 bits per heavy atom. The average Bonchev–Trinajstić information content (AvgIpc) is 2.67. The fourth-order valence-corrected chi connectivity index (χ4v) is 2.83. The standard InChI is InChI=1S/C22H20FNO4/c1-13(15-7-9-18(23)10-8-15)24-21(26)14(2)28-22(27)19-11-16-5-3-4-6-17(16)12-20(19)25/h3-14,25H,1-2H3,(H,24,26). The number of rotatable bonds is 5. The molecule has 0 heterocycles. The zero-order valence-corrected chi connectivity index (χ0v) is 15.5. The van der Waals surface area contributed by atoms with Gasteiger partial charge in [-0.2, -0.15) is 0 Å². The fourth-order valence-electron chi connectivity index (χ4n) is 2.83. The summed E-state index contributed by atoms with van der Waals surface area (Å²) in [5, 5.41) is 14.4. The van der Waals surface area contributed by atoms with Crippen LogP contribution in [0.4, 0.5) is 4.39 Å². The summed E-state index contributed by atoms with van der Waals surface area (Å²) >= 11 is 0. The molecule has 0 aromatic heterocycles. The molecule has 2 unspecified atom stereocenters. The quantitative estimate of drug-likeness (QED) is 0.652. The van der Waals surface area contributed by atoms with Crippen molar-refractivity contribution in [2.75, 3.05) is 0 Å². The molecule has 0 aliphatic heterocycles. The van der Waals surface area contributed by atoms with Crippen molar-refractivity contribution in [3.63, 3.8) is 0 Å². The number of halogens is 1. The third-order valence-corrected chi connectivity index (χ3v) is 4.47. The number of nitrogens with one attached hydrogen (secondary N) is 1. The Morgan fingerprint density at radius 1 is 1.00 bits per heavy atom. The normalized spacial score (nSPS) is 13.0. The first-order chi connectivity index (χ1) is 13.3. The zero-order valence-electron chi connectivity index (χ0n) is 15.5. The van der Waals surface area contributed by atoms with Crippen molar-refractivity contribution in [1.82, 2.24) is 5.32 Å². The van der Waals surface area contributed by atoms with Crippen molar-refractivity contribution in [3.05, 3.63) is 77.6 Å². The Labute approximate surface area is 161 Å². The van der Waals surface area contributed by atoms with Gasteiger partial charge < -0.3 is 15.2 Å². The van der Waals surface area contributed by atoms with E-state index in [0.29, 0.717) is 0 Å². The molecule has 0 radical (unpaired) electrons. The minimum absolute atomic E-state index is 0.00932. The fraction of sp³-hybridized carbons (Fsp3) is 0.182. The van der Waals surface area contributed by atoms with E-state index in [-0.39, 0.29) is 23.2 Å². The third kappa shape index (κ3) is 4.28. The van der Waals surface area contributed by atoms with E-state index in [1.807, 2.05) is 24.3 Å². The molecule has 28 heavy (non-hydrogen) atoms. The van der Waals surface area contributed by atoms with Gasteiger partial charge in [0.15, 0.2) is 6.10 Å². The van der Waals surface area contributed by atoms with Gasteiger partial charge in [0.25, 0.3) is 5.91 Å². The van der Waals surface area contributed by atoms with Crippen LogP contribution in [0.5, 0.6) is 5.75 Å². The predicted molar refractivity (Wildman–Crippen MR) is 103 cm³/mol. The maximum absolute atomic E-state index is 13.0. The van der Waals surface area contributed by atoms with E-state index >= 15 is 0 Å². The maximum Gasteiger partial charge on any atom is 0.342 e. The van der Waals surface area contributed by atoms with Crippen LogP contribution >= 0.6 is 0 Å². The number of carbonyl (C=O) groups is 2. The molecule has 2 N–H and O–H groups in total. The Morgan fingerprint density at radius 3 is 2.25 bits per heavy atom. The lowest BCUT2D eigenvalue weighted by molar-refractivity contribution is -0.129. The van der Waals surface area contributed by atoms with Crippen LogP contribution in [0.25, 0.3) is 10.8 Å². The Kier molecular flexibility index (Phi) is 5.59. The lowest BCUT2D eigenvalue weighted by atomic mass is 10.1. The highest BCUT2D eigenvalue weighted by atomic mass is 19.1. The van der Waals surface area contributed by atoms with Gasteiger partial charge >= 0.3 is 5.97 Å². The number of fused-ring (bicyclic) bond motifs is 1. The molecule has 0 spiro atoms. The predicted octanol–water partition coefficient (Wildman–Crippen LogP) is 4.11. The van der Waals surface area contributed by atoms with Crippen molar-refractivity contribution in [3.8, 4) is 5.75 Å². The van der Waals surface area contributed by atoms with Gasteiger partial charge in [-0.1, -0.05) is 36.4 Å². The van der Waals surface area contributed by atoms with Gasteiger partial charge in [0.2, 0.25) is 0 Å². The Hall–Kier alpha value is -3.41. The topological polar surface area (TPSA) is 75.6 Å². The van der Waals surface area contributed by atoms with Crippen molar-refractivity contribution in [1.29, 1.82) is 0 Å². The summed E-state index contributed by atoms with van der Waals surface area (Å²) in [6, 6.07) is 15.7. The summed E-state index contributed by atoms with van der Waals surface area (Å²) < 4.78 is 18.2.